The molecule has 154 valence electrons. The molecule has 0 radical (unpaired) electrons. The molecule has 0 saturated carbocycles. The van der Waals surface area contributed by atoms with Gasteiger partial charge in [-0.2, -0.15) is 0 Å². The van der Waals surface area contributed by atoms with E-state index in [2.05, 4.69) is 16.9 Å². The second-order valence-corrected chi connectivity index (χ2v) is 6.82. The summed E-state index contributed by atoms with van der Waals surface area (Å²) in [4.78, 5) is 25.9. The van der Waals surface area contributed by atoms with Gasteiger partial charge in [0.25, 0.3) is 0 Å². The number of hydrogen-bond donors (Lipinski definition) is 2. The molecule has 6 heteroatoms. The van der Waals surface area contributed by atoms with Crippen LogP contribution in [0, 0.1) is 0 Å². The molecule has 1 amide bonds. The van der Waals surface area contributed by atoms with Crippen LogP contribution >= 0.6 is 11.6 Å². The van der Waals surface area contributed by atoms with Crippen molar-refractivity contribution in [1.82, 2.24) is 10.3 Å². The van der Waals surface area contributed by atoms with Crippen LogP contribution < -0.4 is 5.32 Å². The lowest BCUT2D eigenvalue weighted by atomic mass is 10.0. The molecule has 2 N–H and O–H groups in total. The minimum absolute atomic E-state index is 0.0172. The lowest BCUT2D eigenvalue weighted by Crippen LogP contribution is -2.20. The lowest BCUT2D eigenvalue weighted by molar-refractivity contribution is -0.117. The molecule has 0 fully saturated rings. The molecule has 1 aromatic carbocycles. The Morgan fingerprint density at radius 2 is 1.90 bits per heavy atom. The van der Waals surface area contributed by atoms with E-state index < -0.39 is 5.97 Å². The number of aromatic carboxylic acids is 1. The van der Waals surface area contributed by atoms with Crippen molar-refractivity contribution in [3.05, 3.63) is 82.7 Å². The Balaban J connectivity index is 0.000000308. The third-order valence-corrected chi connectivity index (χ3v) is 4.39. The molecule has 1 aromatic heterocycles. The molecule has 0 atom stereocenters. The van der Waals surface area contributed by atoms with E-state index in [4.69, 9.17) is 16.7 Å². The summed E-state index contributed by atoms with van der Waals surface area (Å²) in [6.45, 7) is 7.35. The summed E-state index contributed by atoms with van der Waals surface area (Å²) in [5.41, 5.74) is 3.72. The first-order valence-electron chi connectivity index (χ1n) is 9.25. The largest absolute Gasteiger partial charge is 0.478 e. The van der Waals surface area contributed by atoms with Crippen LogP contribution in [-0.4, -0.2) is 29.0 Å². The van der Waals surface area contributed by atoms with Gasteiger partial charge in [-0.25, -0.2) is 4.79 Å². The van der Waals surface area contributed by atoms with E-state index in [-0.39, 0.29) is 11.5 Å². The van der Waals surface area contributed by atoms with Gasteiger partial charge in [-0.15, -0.1) is 0 Å². The molecule has 1 heterocycles. The van der Waals surface area contributed by atoms with E-state index in [1.807, 2.05) is 37.3 Å². The SMILES string of the molecule is C/C=C(\CCCc1ccc(Cl)cc1)C(=O)NC.C=C(C)c1cc(C(=O)O)ccn1. The quantitative estimate of drug-likeness (QED) is 0.612. The van der Waals surface area contributed by atoms with Crippen LogP contribution in [0.3, 0.4) is 0 Å². The van der Waals surface area contributed by atoms with Crippen LogP contribution in [0.15, 0.2) is 60.8 Å². The number of nitrogens with one attached hydrogen (secondary N) is 1. The number of carbonyl (C=O) groups excluding carboxylic acids is 1. The molecule has 2 aromatic rings. The third-order valence-electron chi connectivity index (χ3n) is 4.14. The van der Waals surface area contributed by atoms with E-state index in [1.54, 1.807) is 14.0 Å². The van der Waals surface area contributed by atoms with Crippen molar-refractivity contribution in [3.63, 3.8) is 0 Å². The van der Waals surface area contributed by atoms with Gasteiger partial charge in [0.05, 0.1) is 11.3 Å². The van der Waals surface area contributed by atoms with Crippen molar-refractivity contribution < 1.29 is 14.7 Å². The minimum Gasteiger partial charge on any atom is -0.478 e. The topological polar surface area (TPSA) is 79.3 Å². The molecular formula is C23H27ClN2O3. The summed E-state index contributed by atoms with van der Waals surface area (Å²) in [7, 11) is 1.66. The number of allylic oxidation sites excluding steroid dienone is 2. The number of rotatable bonds is 7. The van der Waals surface area contributed by atoms with Crippen LogP contribution in [0.25, 0.3) is 5.57 Å². The first kappa shape index (κ1) is 24.1. The molecule has 0 aliphatic heterocycles. The average molecular weight is 415 g/mol. The van der Waals surface area contributed by atoms with E-state index in [0.717, 1.165) is 35.4 Å². The number of amides is 1. The zero-order valence-electron chi connectivity index (χ0n) is 17.0. The highest BCUT2D eigenvalue weighted by atomic mass is 35.5. The maximum atomic E-state index is 11.4. The fourth-order valence-corrected chi connectivity index (χ4v) is 2.61. The monoisotopic (exact) mass is 414 g/mol. The number of hydrogen-bond acceptors (Lipinski definition) is 3. The predicted molar refractivity (Wildman–Crippen MR) is 118 cm³/mol. The number of aromatic nitrogens is 1. The molecule has 0 aliphatic carbocycles. The van der Waals surface area contributed by atoms with Crippen LogP contribution in [0.5, 0.6) is 0 Å². The van der Waals surface area contributed by atoms with Gasteiger partial charge in [0.15, 0.2) is 0 Å². The first-order chi connectivity index (χ1) is 13.8. The highest BCUT2D eigenvalue weighted by Crippen LogP contribution is 2.14. The van der Waals surface area contributed by atoms with Crippen molar-refractivity contribution in [2.24, 2.45) is 0 Å². The Morgan fingerprint density at radius 1 is 1.24 bits per heavy atom. The van der Waals surface area contributed by atoms with E-state index in [9.17, 15) is 9.59 Å². The molecule has 0 saturated heterocycles. The van der Waals surface area contributed by atoms with Gasteiger partial charge >= 0.3 is 5.97 Å². The van der Waals surface area contributed by atoms with Crippen LogP contribution in [0.1, 0.15) is 48.3 Å². The average Bonchev–Trinajstić information content (AvgIpc) is 2.72. The maximum absolute atomic E-state index is 11.4. The molecule has 0 aliphatic rings. The molecule has 0 unspecified atom stereocenters. The number of pyridine rings is 1. The number of carboxylic acids is 1. The van der Waals surface area contributed by atoms with Crippen molar-refractivity contribution in [2.75, 3.05) is 7.05 Å². The van der Waals surface area contributed by atoms with Gasteiger partial charge in [0.1, 0.15) is 0 Å². The number of likely N-dealkylation sites (N-methyl/N-ethyl adjacent to an activating group) is 1. The summed E-state index contributed by atoms with van der Waals surface area (Å²) in [5, 5.41) is 12.0. The Labute approximate surface area is 177 Å². The molecule has 0 spiro atoms. The summed E-state index contributed by atoms with van der Waals surface area (Å²) in [6, 6.07) is 10.8. The molecular weight excluding hydrogens is 388 g/mol. The lowest BCUT2D eigenvalue weighted by Gasteiger charge is -2.05. The van der Waals surface area contributed by atoms with Crippen LogP contribution in [0.2, 0.25) is 5.02 Å². The van der Waals surface area contributed by atoms with Gasteiger partial charge < -0.3 is 10.4 Å². The van der Waals surface area contributed by atoms with Crippen molar-refractivity contribution in [2.45, 2.75) is 33.1 Å². The summed E-state index contributed by atoms with van der Waals surface area (Å²) < 4.78 is 0. The number of halogens is 1. The van der Waals surface area contributed by atoms with Crippen molar-refractivity contribution in [1.29, 1.82) is 0 Å². The summed E-state index contributed by atoms with van der Waals surface area (Å²) in [5.74, 6) is -0.927. The molecule has 29 heavy (non-hydrogen) atoms. The van der Waals surface area contributed by atoms with Crippen LogP contribution in [-0.2, 0) is 11.2 Å². The van der Waals surface area contributed by atoms with E-state index in [0.29, 0.717) is 5.69 Å². The smallest absolute Gasteiger partial charge is 0.335 e. The Bertz CT molecular complexity index is 845. The van der Waals surface area contributed by atoms with Gasteiger partial charge in [0.2, 0.25) is 5.91 Å². The Hall–Kier alpha value is -2.92. The Morgan fingerprint density at radius 3 is 2.41 bits per heavy atom. The van der Waals surface area contributed by atoms with Gasteiger partial charge in [-0.1, -0.05) is 36.4 Å². The maximum Gasteiger partial charge on any atom is 0.335 e. The van der Waals surface area contributed by atoms with E-state index in [1.165, 1.54) is 23.9 Å². The van der Waals surface area contributed by atoms with Crippen LogP contribution in [0.4, 0.5) is 0 Å². The molecule has 5 nitrogen and oxygen atoms in total. The molecule has 0 bridgehead atoms. The number of carboxylic acid groups (broad SMARTS) is 1. The highest BCUT2D eigenvalue weighted by molar-refractivity contribution is 6.30. The number of carbonyl (C=O) groups is 2. The minimum atomic E-state index is -0.945. The highest BCUT2D eigenvalue weighted by Gasteiger charge is 2.05. The number of nitrogens with zero attached hydrogens (tertiary/aromatic N) is 1. The normalized spacial score (nSPS) is 10.6. The van der Waals surface area contributed by atoms with E-state index >= 15 is 0 Å². The molecule has 2 rings (SSSR count). The standard InChI is InChI=1S/C14H18ClNO.C9H9NO2/c1-3-12(14(17)16-2)6-4-5-11-7-9-13(15)10-8-11;1-6(2)8-5-7(9(11)12)3-4-10-8/h3,7-10H,4-6H2,1-2H3,(H,16,17);3-5H,1H2,2H3,(H,11,12)/b12-3+;. The summed E-state index contributed by atoms with van der Waals surface area (Å²) in [6.07, 6.45) is 6.08. The predicted octanol–water partition coefficient (Wildman–Crippen LogP) is 5.17. The number of benzene rings is 1. The first-order valence-corrected chi connectivity index (χ1v) is 9.63. The second kappa shape index (κ2) is 12.5. The van der Waals surface area contributed by atoms with Gasteiger partial charge in [-0.3, -0.25) is 9.78 Å². The fraction of sp³-hybridized carbons (Fsp3) is 0.261. The summed E-state index contributed by atoms with van der Waals surface area (Å²) >= 11 is 5.82. The second-order valence-electron chi connectivity index (χ2n) is 6.39. The zero-order chi connectivity index (χ0) is 21.8. The van der Waals surface area contributed by atoms with Crippen molar-refractivity contribution >= 4 is 29.1 Å². The van der Waals surface area contributed by atoms with Gasteiger partial charge in [0, 0.05) is 23.8 Å². The third kappa shape index (κ3) is 8.75. The van der Waals surface area contributed by atoms with Gasteiger partial charge in [-0.05, 0) is 68.5 Å². The Kier molecular flexibility index (Phi) is 10.4. The number of aryl methyl sites for hydroxylation is 1. The van der Waals surface area contributed by atoms with Crippen molar-refractivity contribution in [3.8, 4) is 0 Å². The zero-order valence-corrected chi connectivity index (χ0v) is 17.8. The fourth-order valence-electron chi connectivity index (χ4n) is 2.48.